The van der Waals surface area contributed by atoms with Gasteiger partial charge in [-0.15, -0.1) is 24.8 Å². The van der Waals surface area contributed by atoms with Crippen LogP contribution in [-0.4, -0.2) is 38.2 Å². The van der Waals surface area contributed by atoms with Crippen LogP contribution in [0.1, 0.15) is 30.9 Å². The number of piperazine rings is 1. The van der Waals surface area contributed by atoms with Crippen molar-refractivity contribution in [3.8, 4) is 5.75 Å². The lowest BCUT2D eigenvalue weighted by Gasteiger charge is -2.43. The molecule has 1 N–H and O–H groups in total. The molecule has 0 spiro atoms. The van der Waals surface area contributed by atoms with Gasteiger partial charge < -0.3 is 10.1 Å². The number of benzene rings is 1. The molecule has 1 atom stereocenters. The summed E-state index contributed by atoms with van der Waals surface area (Å²) in [5, 5.41) is 3.37. The highest BCUT2D eigenvalue weighted by molar-refractivity contribution is 5.85. The molecule has 1 aliphatic carbocycles. The average molecular weight is 351 g/mol. The molecule has 126 valence electrons. The van der Waals surface area contributed by atoms with Crippen molar-refractivity contribution in [2.75, 3.05) is 33.3 Å². The van der Waals surface area contributed by atoms with Crippen LogP contribution < -0.4 is 10.1 Å². The highest BCUT2D eigenvalue weighted by Crippen LogP contribution is 2.45. The van der Waals surface area contributed by atoms with Gasteiger partial charge in [-0.05, 0) is 30.9 Å². The fraction of sp³-hybridized carbons (Fsp3) is 0.625. The molecular formula is C16H25Cl2FN2O. The summed E-state index contributed by atoms with van der Waals surface area (Å²) >= 11 is 0. The summed E-state index contributed by atoms with van der Waals surface area (Å²) < 4.78 is 19.9. The smallest absolute Gasteiger partial charge is 0.131 e. The lowest BCUT2D eigenvalue weighted by molar-refractivity contribution is 0.0792. The van der Waals surface area contributed by atoms with Crippen molar-refractivity contribution in [1.29, 1.82) is 0 Å². The first-order valence-corrected chi connectivity index (χ1v) is 7.58. The van der Waals surface area contributed by atoms with Crippen LogP contribution >= 0.6 is 24.8 Å². The summed E-state index contributed by atoms with van der Waals surface area (Å²) in [7, 11) is 1.63. The molecule has 2 aliphatic rings. The Balaban J connectivity index is 0.00000121. The van der Waals surface area contributed by atoms with Crippen LogP contribution in [-0.2, 0) is 0 Å². The fourth-order valence-corrected chi connectivity index (χ4v) is 3.41. The van der Waals surface area contributed by atoms with Crippen molar-refractivity contribution in [2.24, 2.45) is 5.92 Å². The maximum Gasteiger partial charge on any atom is 0.131 e. The zero-order valence-corrected chi connectivity index (χ0v) is 14.5. The number of ether oxygens (including phenoxy) is 1. The number of hydrogen-bond acceptors (Lipinski definition) is 3. The third-order valence-electron chi connectivity index (χ3n) is 4.67. The molecular weight excluding hydrogens is 326 g/mol. The van der Waals surface area contributed by atoms with Gasteiger partial charge in [-0.1, -0.05) is 12.5 Å². The Bertz CT molecular complexity index is 465. The first-order valence-electron chi connectivity index (χ1n) is 7.58. The van der Waals surface area contributed by atoms with Crippen molar-refractivity contribution in [3.63, 3.8) is 0 Å². The highest BCUT2D eigenvalue weighted by Gasteiger charge is 2.36. The SMILES string of the molecule is COc1cccc(F)c1[C@@H](C1CCC1)N1CCNCC1.Cl.Cl. The molecule has 0 amide bonds. The van der Waals surface area contributed by atoms with E-state index in [-0.39, 0.29) is 36.7 Å². The molecule has 2 fully saturated rings. The first-order chi connectivity index (χ1) is 9.81. The Morgan fingerprint density at radius 3 is 2.45 bits per heavy atom. The lowest BCUT2D eigenvalue weighted by atomic mass is 9.76. The molecule has 3 rings (SSSR count). The van der Waals surface area contributed by atoms with E-state index in [2.05, 4.69) is 10.2 Å². The molecule has 1 saturated heterocycles. The number of nitrogens with one attached hydrogen (secondary N) is 1. The van der Waals surface area contributed by atoms with E-state index in [0.717, 1.165) is 31.7 Å². The number of nitrogens with zero attached hydrogens (tertiary/aromatic N) is 1. The summed E-state index contributed by atoms with van der Waals surface area (Å²) in [6.45, 7) is 3.94. The summed E-state index contributed by atoms with van der Waals surface area (Å²) in [5.74, 6) is 1.14. The molecule has 6 heteroatoms. The van der Waals surface area contributed by atoms with E-state index in [9.17, 15) is 4.39 Å². The van der Waals surface area contributed by atoms with Gasteiger partial charge in [-0.3, -0.25) is 4.90 Å². The van der Waals surface area contributed by atoms with Crippen LogP contribution in [0.4, 0.5) is 4.39 Å². The van der Waals surface area contributed by atoms with Gasteiger partial charge in [0.25, 0.3) is 0 Å². The minimum Gasteiger partial charge on any atom is -0.496 e. The molecule has 1 aliphatic heterocycles. The molecule has 0 bridgehead atoms. The van der Waals surface area contributed by atoms with E-state index < -0.39 is 0 Å². The Kier molecular flexibility index (Phi) is 7.90. The van der Waals surface area contributed by atoms with Gasteiger partial charge in [0.15, 0.2) is 0 Å². The topological polar surface area (TPSA) is 24.5 Å². The monoisotopic (exact) mass is 350 g/mol. The standard InChI is InChI=1S/C16H23FN2O.2ClH/c1-20-14-7-3-6-13(17)15(14)16(12-4-2-5-12)19-10-8-18-9-11-19;;/h3,6-7,12,16,18H,2,4-5,8-11H2,1H3;2*1H/t16-;;/m1../s1. The van der Waals surface area contributed by atoms with Crippen LogP contribution in [0.5, 0.6) is 5.75 Å². The number of hydrogen-bond donors (Lipinski definition) is 1. The Morgan fingerprint density at radius 2 is 1.91 bits per heavy atom. The van der Waals surface area contributed by atoms with Crippen molar-refractivity contribution in [3.05, 3.63) is 29.6 Å². The van der Waals surface area contributed by atoms with Crippen LogP contribution in [0.3, 0.4) is 0 Å². The first kappa shape index (κ1) is 19.5. The molecule has 22 heavy (non-hydrogen) atoms. The second-order valence-electron chi connectivity index (χ2n) is 5.78. The second-order valence-corrected chi connectivity index (χ2v) is 5.78. The normalized spacial score (nSPS) is 20.3. The van der Waals surface area contributed by atoms with E-state index in [4.69, 9.17) is 4.74 Å². The van der Waals surface area contributed by atoms with Gasteiger partial charge in [-0.25, -0.2) is 4.39 Å². The van der Waals surface area contributed by atoms with Gasteiger partial charge in [0.1, 0.15) is 11.6 Å². The Morgan fingerprint density at radius 1 is 1.23 bits per heavy atom. The van der Waals surface area contributed by atoms with E-state index in [0.29, 0.717) is 11.7 Å². The third-order valence-corrected chi connectivity index (χ3v) is 4.67. The number of methoxy groups -OCH3 is 1. The van der Waals surface area contributed by atoms with Crippen LogP contribution in [0, 0.1) is 11.7 Å². The average Bonchev–Trinajstić information content (AvgIpc) is 2.44. The van der Waals surface area contributed by atoms with Crippen LogP contribution in [0.25, 0.3) is 0 Å². The van der Waals surface area contributed by atoms with E-state index >= 15 is 0 Å². The van der Waals surface area contributed by atoms with Gasteiger partial charge in [0.05, 0.1) is 7.11 Å². The predicted octanol–water partition coefficient (Wildman–Crippen LogP) is 3.42. The Labute approximate surface area is 144 Å². The lowest BCUT2D eigenvalue weighted by Crippen LogP contribution is -2.48. The quantitative estimate of drug-likeness (QED) is 0.900. The summed E-state index contributed by atoms with van der Waals surface area (Å²) in [4.78, 5) is 2.43. The fourth-order valence-electron chi connectivity index (χ4n) is 3.41. The highest BCUT2D eigenvalue weighted by atomic mass is 35.5. The predicted molar refractivity (Wildman–Crippen MR) is 92.0 cm³/mol. The van der Waals surface area contributed by atoms with Gasteiger partial charge in [0.2, 0.25) is 0 Å². The largest absolute Gasteiger partial charge is 0.496 e. The minimum atomic E-state index is -0.125. The number of rotatable bonds is 4. The van der Waals surface area contributed by atoms with Gasteiger partial charge in [0, 0.05) is 37.8 Å². The van der Waals surface area contributed by atoms with Crippen molar-refractivity contribution < 1.29 is 9.13 Å². The zero-order chi connectivity index (χ0) is 13.9. The molecule has 0 radical (unpaired) electrons. The van der Waals surface area contributed by atoms with Crippen molar-refractivity contribution in [2.45, 2.75) is 25.3 Å². The van der Waals surface area contributed by atoms with Gasteiger partial charge >= 0.3 is 0 Å². The molecule has 1 heterocycles. The van der Waals surface area contributed by atoms with Crippen molar-refractivity contribution in [1.82, 2.24) is 10.2 Å². The van der Waals surface area contributed by atoms with Crippen LogP contribution in [0.2, 0.25) is 0 Å². The van der Waals surface area contributed by atoms with E-state index in [1.165, 1.54) is 19.3 Å². The zero-order valence-electron chi connectivity index (χ0n) is 12.9. The maximum atomic E-state index is 14.4. The van der Waals surface area contributed by atoms with Crippen molar-refractivity contribution >= 4 is 24.8 Å². The molecule has 0 aromatic heterocycles. The summed E-state index contributed by atoms with van der Waals surface area (Å²) in [6.07, 6.45) is 3.67. The molecule has 1 aromatic carbocycles. The summed E-state index contributed by atoms with van der Waals surface area (Å²) in [6, 6.07) is 5.34. The Hall–Kier alpha value is -0.550. The van der Waals surface area contributed by atoms with Gasteiger partial charge in [-0.2, -0.15) is 0 Å². The summed E-state index contributed by atoms with van der Waals surface area (Å²) in [5.41, 5.74) is 0.765. The van der Waals surface area contributed by atoms with E-state index in [1.54, 1.807) is 19.2 Å². The molecule has 1 saturated carbocycles. The molecule has 0 unspecified atom stereocenters. The van der Waals surface area contributed by atoms with E-state index in [1.807, 2.05) is 6.07 Å². The number of halogens is 3. The van der Waals surface area contributed by atoms with Crippen LogP contribution in [0.15, 0.2) is 18.2 Å². The molecule has 3 nitrogen and oxygen atoms in total. The second kappa shape index (κ2) is 8.92. The molecule has 1 aromatic rings. The minimum absolute atomic E-state index is 0. The third kappa shape index (κ3) is 3.85. The maximum absolute atomic E-state index is 14.4.